The molecule has 0 spiro atoms. The van der Waals surface area contributed by atoms with Gasteiger partial charge in [0.15, 0.2) is 11.9 Å². The number of aromatic hydroxyl groups is 1. The first kappa shape index (κ1) is 40.1. The van der Waals surface area contributed by atoms with Gasteiger partial charge >= 0.3 is 6.01 Å². The molecule has 58 heavy (non-hydrogen) atoms. The molecule has 8 rings (SSSR count). The van der Waals surface area contributed by atoms with E-state index in [0.29, 0.717) is 47.7 Å². The van der Waals surface area contributed by atoms with E-state index in [2.05, 4.69) is 34.5 Å². The summed E-state index contributed by atoms with van der Waals surface area (Å²) in [6, 6.07) is 6.61. The van der Waals surface area contributed by atoms with Gasteiger partial charge in [0.1, 0.15) is 31.0 Å². The van der Waals surface area contributed by atoms with Gasteiger partial charge in [0.25, 0.3) is 5.88 Å². The number of likely N-dealkylation sites (N-methyl/N-ethyl adjacent to an activating group) is 1. The number of nitrogens with one attached hydrogen (secondary N) is 1. The summed E-state index contributed by atoms with van der Waals surface area (Å²) in [6.45, 7) is 10.1. The number of piperidine rings is 1. The number of amides is 1. The third-order valence-corrected chi connectivity index (χ3v) is 13.3. The highest BCUT2D eigenvalue weighted by atomic mass is 19.1. The van der Waals surface area contributed by atoms with E-state index in [9.17, 15) is 9.90 Å². The fourth-order valence-electron chi connectivity index (χ4n) is 10.1. The van der Waals surface area contributed by atoms with Gasteiger partial charge in [0.2, 0.25) is 11.7 Å². The Balaban J connectivity index is 1.07. The topological polar surface area (TPSA) is 122 Å². The highest BCUT2D eigenvalue weighted by molar-refractivity contribution is 5.93. The van der Waals surface area contributed by atoms with E-state index in [0.717, 1.165) is 77.7 Å². The molecule has 2 aromatic carbocycles. The first-order chi connectivity index (χ1) is 28.0. The zero-order valence-corrected chi connectivity index (χ0v) is 33.5. The Kier molecular flexibility index (Phi) is 11.4. The number of halogens is 2. The number of alkyl halides is 1. The number of ether oxygens (including phenoxy) is 4. The minimum Gasteiger partial charge on any atom is -0.508 e. The summed E-state index contributed by atoms with van der Waals surface area (Å²) in [5.41, 5.74) is -0.628. The van der Waals surface area contributed by atoms with Crippen molar-refractivity contribution in [2.75, 3.05) is 65.0 Å². The molecule has 2 N–H and O–H groups in total. The molecular formula is C44H54F2N6O6. The Morgan fingerprint density at radius 1 is 1.17 bits per heavy atom. The molecule has 4 fully saturated rings. The van der Waals surface area contributed by atoms with E-state index in [1.165, 1.54) is 24.3 Å². The van der Waals surface area contributed by atoms with Crippen molar-refractivity contribution in [2.24, 2.45) is 0 Å². The van der Waals surface area contributed by atoms with Crippen molar-refractivity contribution >= 4 is 22.5 Å². The second kappa shape index (κ2) is 16.5. The van der Waals surface area contributed by atoms with E-state index in [1.54, 1.807) is 18.0 Å². The van der Waals surface area contributed by atoms with Gasteiger partial charge in [0.05, 0.1) is 16.6 Å². The van der Waals surface area contributed by atoms with Crippen LogP contribution in [-0.4, -0.2) is 125 Å². The highest BCUT2D eigenvalue weighted by Crippen LogP contribution is 2.45. The van der Waals surface area contributed by atoms with Crippen LogP contribution in [0.15, 0.2) is 36.9 Å². The number of benzene rings is 2. The third-order valence-electron chi connectivity index (χ3n) is 13.3. The summed E-state index contributed by atoms with van der Waals surface area (Å²) in [5, 5.41) is 15.1. The van der Waals surface area contributed by atoms with Crippen molar-refractivity contribution in [3.63, 3.8) is 0 Å². The first-order valence-electron chi connectivity index (χ1n) is 20.6. The molecule has 4 aliphatic heterocycles. The van der Waals surface area contributed by atoms with Crippen LogP contribution in [0.5, 0.6) is 23.4 Å². The number of aromatic nitrogens is 2. The molecule has 1 unspecified atom stereocenters. The smallest absolute Gasteiger partial charge is 0.322 e. The number of phenols is 1. The van der Waals surface area contributed by atoms with Crippen LogP contribution in [0.4, 0.5) is 14.6 Å². The maximum Gasteiger partial charge on any atom is 0.322 e. The standard InChI is InChI=1S/C44H54F2N6O6/c1-5-33-35(46)10-9-28-21-32(53)22-34(38(28)33)36-25-56-39-40(47-26-44(15-7-8-16-44)50(4)37(54)6-2)48-42(49-41(39)58-36)57-27-43(3)23-29(45)24-52(43)31-11-17-51(18-12-31)30-13-19-55-20-14-30/h1,6,9-10,21-22,29-31,36,53H,2,7-8,11-20,23-27H2,3-4H3,(H,47,48,49)/t29-,36?,43+/m1/s1. The van der Waals surface area contributed by atoms with Crippen LogP contribution in [0.2, 0.25) is 0 Å². The lowest BCUT2D eigenvalue weighted by Gasteiger charge is -2.45. The molecule has 14 heteroatoms. The van der Waals surface area contributed by atoms with Crippen molar-refractivity contribution in [2.45, 2.75) is 100 Å². The van der Waals surface area contributed by atoms with E-state index in [-0.39, 0.29) is 54.1 Å². The Bertz CT molecular complexity index is 2060. The van der Waals surface area contributed by atoms with Crippen LogP contribution < -0.4 is 19.5 Å². The normalized spacial score (nSPS) is 25.4. The molecule has 3 saturated heterocycles. The molecule has 1 amide bonds. The van der Waals surface area contributed by atoms with Gasteiger partial charge in [-0.25, -0.2) is 8.78 Å². The van der Waals surface area contributed by atoms with Crippen LogP contribution in [0.1, 0.15) is 81.9 Å². The second-order valence-corrected chi connectivity index (χ2v) is 16.8. The number of phenolic OH excluding ortho intramolecular Hbond substituents is 1. The zero-order valence-electron chi connectivity index (χ0n) is 33.5. The molecule has 3 aromatic rings. The maximum absolute atomic E-state index is 15.4. The summed E-state index contributed by atoms with van der Waals surface area (Å²) < 4.78 is 55.3. The Morgan fingerprint density at radius 3 is 2.66 bits per heavy atom. The molecule has 5 aliphatic rings. The Labute approximate surface area is 338 Å². The number of carbonyl (C=O) groups is 1. The van der Waals surface area contributed by atoms with Crippen molar-refractivity contribution in [3.05, 3.63) is 53.9 Å². The molecule has 0 radical (unpaired) electrons. The van der Waals surface area contributed by atoms with Crippen LogP contribution in [0.3, 0.4) is 0 Å². The maximum atomic E-state index is 15.4. The molecule has 5 heterocycles. The van der Waals surface area contributed by atoms with Gasteiger partial charge in [-0.2, -0.15) is 9.97 Å². The second-order valence-electron chi connectivity index (χ2n) is 16.8. The molecular weight excluding hydrogens is 747 g/mol. The van der Waals surface area contributed by atoms with Crippen molar-refractivity contribution in [1.82, 2.24) is 24.7 Å². The van der Waals surface area contributed by atoms with E-state index in [1.807, 2.05) is 0 Å². The van der Waals surface area contributed by atoms with Crippen LogP contribution in [0, 0.1) is 18.2 Å². The minimum absolute atomic E-state index is 0.00967. The van der Waals surface area contributed by atoms with Gasteiger partial charge in [-0.15, -0.1) is 6.42 Å². The Hall–Kier alpha value is -4.71. The van der Waals surface area contributed by atoms with Gasteiger partial charge in [-0.3, -0.25) is 9.69 Å². The summed E-state index contributed by atoms with van der Waals surface area (Å²) in [5.74, 6) is 2.31. The van der Waals surface area contributed by atoms with Crippen LogP contribution in [-0.2, 0) is 9.53 Å². The third kappa shape index (κ3) is 7.76. The van der Waals surface area contributed by atoms with Gasteiger partial charge in [-0.1, -0.05) is 31.4 Å². The number of carbonyl (C=O) groups excluding carboxylic acids is 1. The number of anilines is 1. The number of fused-ring (bicyclic) bond motifs is 2. The van der Waals surface area contributed by atoms with Crippen molar-refractivity contribution in [1.29, 1.82) is 0 Å². The van der Waals surface area contributed by atoms with E-state index < -0.39 is 29.2 Å². The van der Waals surface area contributed by atoms with Crippen molar-refractivity contribution in [3.8, 4) is 35.7 Å². The molecule has 1 aliphatic carbocycles. The van der Waals surface area contributed by atoms with Crippen molar-refractivity contribution < 1.29 is 37.6 Å². The number of rotatable bonds is 11. The van der Waals surface area contributed by atoms with E-state index >= 15 is 8.78 Å². The number of nitrogens with zero attached hydrogens (tertiary/aromatic N) is 5. The number of hydrogen-bond acceptors (Lipinski definition) is 11. The van der Waals surface area contributed by atoms with E-state index in [4.69, 9.17) is 35.3 Å². The molecule has 1 saturated carbocycles. The number of likely N-dealkylation sites (tertiary alicyclic amines) is 2. The minimum atomic E-state index is -0.992. The quantitative estimate of drug-likeness (QED) is 0.171. The molecule has 3 atom stereocenters. The Morgan fingerprint density at radius 2 is 1.93 bits per heavy atom. The largest absolute Gasteiger partial charge is 0.508 e. The predicted octanol–water partition coefficient (Wildman–Crippen LogP) is 6.16. The molecule has 0 bridgehead atoms. The lowest BCUT2D eigenvalue weighted by Crippen LogP contribution is -2.55. The van der Waals surface area contributed by atoms with Gasteiger partial charge in [-0.05, 0) is 88.2 Å². The average Bonchev–Trinajstić information content (AvgIpc) is 3.85. The number of hydrogen-bond donors (Lipinski definition) is 2. The lowest BCUT2D eigenvalue weighted by molar-refractivity contribution is -0.129. The zero-order chi connectivity index (χ0) is 40.6. The number of terminal acetylenes is 1. The monoisotopic (exact) mass is 800 g/mol. The highest BCUT2D eigenvalue weighted by Gasteiger charge is 2.47. The summed E-state index contributed by atoms with van der Waals surface area (Å²) in [4.78, 5) is 28.9. The summed E-state index contributed by atoms with van der Waals surface area (Å²) >= 11 is 0. The fourth-order valence-corrected chi connectivity index (χ4v) is 10.1. The van der Waals surface area contributed by atoms with Crippen LogP contribution >= 0.6 is 0 Å². The molecule has 1 aromatic heterocycles. The predicted molar refractivity (Wildman–Crippen MR) is 216 cm³/mol. The van der Waals surface area contributed by atoms with Crippen LogP contribution in [0.25, 0.3) is 10.8 Å². The first-order valence-corrected chi connectivity index (χ1v) is 20.6. The molecule has 310 valence electrons. The molecule has 12 nitrogen and oxygen atoms in total. The fraction of sp³-hybridized carbons (Fsp3) is 0.568. The lowest BCUT2D eigenvalue weighted by atomic mass is 9.93. The van der Waals surface area contributed by atoms with Gasteiger partial charge in [0, 0.05) is 62.8 Å². The summed E-state index contributed by atoms with van der Waals surface area (Å²) in [6.07, 6.45) is 13.1. The average molecular weight is 801 g/mol. The SMILES string of the molecule is C#Cc1c(F)ccc2cc(O)cc(C3COc4c(NCC5(N(C)C(=O)C=C)CCCC5)nc(OC[C@]5(C)C[C@@H](F)CN5C5CCN(C6CCOCC6)CC5)nc4O3)c12. The van der Waals surface area contributed by atoms with Gasteiger partial charge < -0.3 is 39.2 Å². The summed E-state index contributed by atoms with van der Waals surface area (Å²) in [7, 11) is 1.79.